The normalized spacial score (nSPS) is 17.2. The Morgan fingerprint density at radius 3 is 2.91 bits per heavy atom. The molecule has 3 rings (SSSR count). The third kappa shape index (κ3) is 3.79. The number of hydrogen-bond donors (Lipinski definition) is 2. The molecule has 3 heterocycles. The van der Waals surface area contributed by atoms with Gasteiger partial charge in [-0.1, -0.05) is 6.07 Å². The van der Waals surface area contributed by atoms with Gasteiger partial charge < -0.3 is 15.4 Å². The summed E-state index contributed by atoms with van der Waals surface area (Å²) in [6.07, 6.45) is 4.81. The lowest BCUT2D eigenvalue weighted by molar-refractivity contribution is -0.124. The summed E-state index contributed by atoms with van der Waals surface area (Å²) in [5.41, 5.74) is 1.83. The molecular weight excluding hydrogens is 280 g/mol. The largest absolute Gasteiger partial charge is 0.378 e. The van der Waals surface area contributed by atoms with E-state index in [1.165, 1.54) is 0 Å². The first-order valence-electron chi connectivity index (χ1n) is 7.33. The van der Waals surface area contributed by atoms with Crippen molar-refractivity contribution in [1.29, 1.82) is 0 Å². The van der Waals surface area contributed by atoms with Crippen LogP contribution in [0.1, 0.15) is 18.5 Å². The van der Waals surface area contributed by atoms with Crippen LogP contribution in [-0.2, 0) is 16.1 Å². The molecule has 0 saturated carbocycles. The van der Waals surface area contributed by atoms with E-state index in [0.717, 1.165) is 24.2 Å². The second-order valence-electron chi connectivity index (χ2n) is 5.10. The molecular formula is C16H18N4O2. The van der Waals surface area contributed by atoms with Gasteiger partial charge in [0.05, 0.1) is 24.1 Å². The molecule has 1 aliphatic heterocycles. The summed E-state index contributed by atoms with van der Waals surface area (Å²) in [4.78, 5) is 20.4. The van der Waals surface area contributed by atoms with E-state index in [4.69, 9.17) is 4.74 Å². The number of aromatic nitrogens is 2. The van der Waals surface area contributed by atoms with E-state index in [-0.39, 0.29) is 12.0 Å². The van der Waals surface area contributed by atoms with Gasteiger partial charge in [-0.3, -0.25) is 9.78 Å². The Balaban J connectivity index is 1.52. The second-order valence-corrected chi connectivity index (χ2v) is 5.10. The fourth-order valence-corrected chi connectivity index (χ4v) is 2.26. The lowest BCUT2D eigenvalue weighted by atomic mass is 10.2. The summed E-state index contributed by atoms with van der Waals surface area (Å²) < 4.78 is 5.34. The highest BCUT2D eigenvalue weighted by molar-refractivity contribution is 5.93. The first-order valence-corrected chi connectivity index (χ1v) is 7.33. The number of ether oxygens (including phenoxy) is 1. The zero-order valence-corrected chi connectivity index (χ0v) is 12.2. The number of pyridine rings is 2. The second kappa shape index (κ2) is 7.00. The van der Waals surface area contributed by atoms with Gasteiger partial charge in [-0.25, -0.2) is 4.98 Å². The van der Waals surface area contributed by atoms with Crippen LogP contribution in [0.2, 0.25) is 0 Å². The third-order valence-electron chi connectivity index (χ3n) is 3.44. The molecule has 1 amide bonds. The molecule has 0 aromatic carbocycles. The molecule has 0 spiro atoms. The molecule has 1 atom stereocenters. The number of anilines is 2. The van der Waals surface area contributed by atoms with Gasteiger partial charge >= 0.3 is 0 Å². The minimum Gasteiger partial charge on any atom is -0.378 e. The molecule has 6 nitrogen and oxygen atoms in total. The molecule has 0 aliphatic carbocycles. The molecule has 1 fully saturated rings. The standard InChI is InChI=1S/C16H18N4O2/c21-16(14-5-3-9-22-14)20-15-7-6-13(11-19-15)18-10-12-4-1-2-8-17-12/h1-2,4,6-8,11,14,18H,3,5,9-10H2,(H,19,20,21). The minimum atomic E-state index is -0.344. The number of rotatable bonds is 5. The van der Waals surface area contributed by atoms with Gasteiger partial charge in [0.15, 0.2) is 0 Å². The average molecular weight is 298 g/mol. The lowest BCUT2D eigenvalue weighted by Gasteiger charge is -2.10. The van der Waals surface area contributed by atoms with E-state index < -0.39 is 0 Å². The summed E-state index contributed by atoms with van der Waals surface area (Å²) >= 11 is 0. The van der Waals surface area contributed by atoms with E-state index >= 15 is 0 Å². The van der Waals surface area contributed by atoms with Crippen molar-refractivity contribution in [3.8, 4) is 0 Å². The van der Waals surface area contributed by atoms with Crippen LogP contribution in [0.4, 0.5) is 11.5 Å². The molecule has 114 valence electrons. The number of nitrogens with zero attached hydrogens (tertiary/aromatic N) is 2. The number of carbonyl (C=O) groups is 1. The van der Waals surface area contributed by atoms with Crippen LogP contribution in [-0.4, -0.2) is 28.6 Å². The zero-order valence-electron chi connectivity index (χ0n) is 12.2. The Kier molecular flexibility index (Phi) is 4.60. The molecule has 1 aliphatic rings. The van der Waals surface area contributed by atoms with Crippen molar-refractivity contribution < 1.29 is 9.53 Å². The summed E-state index contributed by atoms with van der Waals surface area (Å²) in [6, 6.07) is 9.44. The van der Waals surface area contributed by atoms with Crippen LogP contribution in [0, 0.1) is 0 Å². The van der Waals surface area contributed by atoms with Gasteiger partial charge in [0.1, 0.15) is 11.9 Å². The summed E-state index contributed by atoms with van der Waals surface area (Å²) in [7, 11) is 0. The Labute approximate surface area is 128 Å². The maximum absolute atomic E-state index is 11.9. The number of nitrogens with one attached hydrogen (secondary N) is 2. The highest BCUT2D eigenvalue weighted by Gasteiger charge is 2.23. The van der Waals surface area contributed by atoms with Crippen molar-refractivity contribution in [3.63, 3.8) is 0 Å². The fraction of sp³-hybridized carbons (Fsp3) is 0.312. The van der Waals surface area contributed by atoms with Crippen molar-refractivity contribution in [1.82, 2.24) is 9.97 Å². The van der Waals surface area contributed by atoms with E-state index in [2.05, 4.69) is 20.6 Å². The summed E-state index contributed by atoms with van der Waals surface area (Å²) in [5.74, 6) is 0.406. The smallest absolute Gasteiger partial charge is 0.254 e. The van der Waals surface area contributed by atoms with Gasteiger partial charge in [0.2, 0.25) is 0 Å². The predicted octanol–water partition coefficient (Wildman–Crippen LogP) is 2.21. The molecule has 2 aromatic rings. The van der Waals surface area contributed by atoms with Crippen molar-refractivity contribution in [3.05, 3.63) is 48.4 Å². The Hall–Kier alpha value is -2.47. The van der Waals surface area contributed by atoms with E-state index in [9.17, 15) is 4.79 Å². The van der Waals surface area contributed by atoms with Gasteiger partial charge in [-0.15, -0.1) is 0 Å². The van der Waals surface area contributed by atoms with Crippen LogP contribution in [0.5, 0.6) is 0 Å². The first kappa shape index (κ1) is 14.5. The van der Waals surface area contributed by atoms with Gasteiger partial charge in [-0.05, 0) is 37.1 Å². The summed E-state index contributed by atoms with van der Waals surface area (Å²) in [6.45, 7) is 1.28. The van der Waals surface area contributed by atoms with Crippen LogP contribution < -0.4 is 10.6 Å². The maximum Gasteiger partial charge on any atom is 0.254 e. The van der Waals surface area contributed by atoms with Gasteiger partial charge in [0.25, 0.3) is 5.91 Å². The van der Waals surface area contributed by atoms with Crippen molar-refractivity contribution in [2.75, 3.05) is 17.2 Å². The minimum absolute atomic E-state index is 0.126. The van der Waals surface area contributed by atoms with Crippen LogP contribution in [0.15, 0.2) is 42.7 Å². The van der Waals surface area contributed by atoms with Crippen LogP contribution in [0.3, 0.4) is 0 Å². The Bertz CT molecular complexity index is 610. The van der Waals surface area contributed by atoms with Crippen LogP contribution >= 0.6 is 0 Å². The number of hydrogen-bond acceptors (Lipinski definition) is 5. The van der Waals surface area contributed by atoms with Crippen molar-refractivity contribution in [2.24, 2.45) is 0 Å². The quantitative estimate of drug-likeness (QED) is 0.885. The maximum atomic E-state index is 11.9. The molecule has 0 radical (unpaired) electrons. The molecule has 1 saturated heterocycles. The molecule has 2 N–H and O–H groups in total. The highest BCUT2D eigenvalue weighted by atomic mass is 16.5. The Morgan fingerprint density at radius 2 is 2.23 bits per heavy atom. The average Bonchev–Trinajstić information content (AvgIpc) is 3.10. The van der Waals surface area contributed by atoms with Crippen molar-refractivity contribution in [2.45, 2.75) is 25.5 Å². The third-order valence-corrected chi connectivity index (χ3v) is 3.44. The monoisotopic (exact) mass is 298 g/mol. The first-order chi connectivity index (χ1) is 10.8. The molecule has 2 aromatic heterocycles. The molecule has 22 heavy (non-hydrogen) atoms. The Morgan fingerprint density at radius 1 is 1.27 bits per heavy atom. The van der Waals surface area contributed by atoms with Gasteiger partial charge in [-0.2, -0.15) is 0 Å². The van der Waals surface area contributed by atoms with Crippen LogP contribution in [0.25, 0.3) is 0 Å². The fourth-order valence-electron chi connectivity index (χ4n) is 2.26. The molecule has 6 heteroatoms. The molecule has 1 unspecified atom stereocenters. The lowest BCUT2D eigenvalue weighted by Crippen LogP contribution is -2.27. The van der Waals surface area contributed by atoms with E-state index in [1.807, 2.05) is 24.3 Å². The van der Waals surface area contributed by atoms with E-state index in [0.29, 0.717) is 19.0 Å². The topological polar surface area (TPSA) is 76.1 Å². The SMILES string of the molecule is O=C(Nc1ccc(NCc2ccccn2)cn1)C1CCCO1. The highest BCUT2D eigenvalue weighted by Crippen LogP contribution is 2.15. The van der Waals surface area contributed by atoms with Crippen molar-refractivity contribution >= 4 is 17.4 Å². The molecule has 0 bridgehead atoms. The van der Waals surface area contributed by atoms with Gasteiger partial charge in [0, 0.05) is 12.8 Å². The number of amides is 1. The number of carbonyl (C=O) groups excluding carboxylic acids is 1. The van der Waals surface area contributed by atoms with E-state index in [1.54, 1.807) is 18.5 Å². The predicted molar refractivity (Wildman–Crippen MR) is 83.4 cm³/mol. The zero-order chi connectivity index (χ0) is 15.2. The summed E-state index contributed by atoms with van der Waals surface area (Å²) in [5, 5.41) is 6.00.